The average Bonchev–Trinajstić information content (AvgIpc) is 2.79. The van der Waals surface area contributed by atoms with Crippen molar-refractivity contribution in [3.63, 3.8) is 0 Å². The van der Waals surface area contributed by atoms with Gasteiger partial charge in [0.2, 0.25) is 11.8 Å². The molecule has 0 aliphatic carbocycles. The van der Waals surface area contributed by atoms with Crippen LogP contribution in [-0.2, 0) is 4.79 Å². The van der Waals surface area contributed by atoms with Crippen molar-refractivity contribution in [1.29, 1.82) is 0 Å². The number of aliphatic hydroxyl groups excluding tert-OH is 1. The molecule has 0 fully saturated rings. The Kier molecular flexibility index (Phi) is 7.67. The van der Waals surface area contributed by atoms with Crippen molar-refractivity contribution in [3.05, 3.63) is 59.0 Å². The number of rotatable bonds is 4. The van der Waals surface area contributed by atoms with Gasteiger partial charge in [-0.1, -0.05) is 24.8 Å². The summed E-state index contributed by atoms with van der Waals surface area (Å²) in [6.45, 7) is 5.66. The molecule has 7 nitrogen and oxygen atoms in total. The summed E-state index contributed by atoms with van der Waals surface area (Å²) in [5, 5.41) is 9.73. The van der Waals surface area contributed by atoms with Crippen LogP contribution < -0.4 is 4.74 Å². The number of aliphatic hydroxyl groups is 1. The molecular formula is C25H28FN3O4. The number of hydrogen-bond acceptors (Lipinski definition) is 5. The summed E-state index contributed by atoms with van der Waals surface area (Å²) in [6.07, 6.45) is 1.09. The van der Waals surface area contributed by atoms with Crippen LogP contribution in [0.25, 0.3) is 0 Å². The first-order valence-electron chi connectivity index (χ1n) is 10.8. The van der Waals surface area contributed by atoms with E-state index in [4.69, 9.17) is 4.74 Å². The molecule has 0 saturated carbocycles. The minimum Gasteiger partial charge on any atom is -0.472 e. The second kappa shape index (κ2) is 10.5. The van der Waals surface area contributed by atoms with Gasteiger partial charge in [-0.15, -0.1) is 0 Å². The number of nitrogens with zero attached hydrogens (tertiary/aromatic N) is 3. The highest BCUT2D eigenvalue weighted by Crippen LogP contribution is 2.27. The molecule has 3 atom stereocenters. The molecule has 1 aliphatic heterocycles. The molecule has 0 unspecified atom stereocenters. The van der Waals surface area contributed by atoms with Gasteiger partial charge in [0.05, 0.1) is 19.2 Å². The summed E-state index contributed by atoms with van der Waals surface area (Å²) >= 11 is 0. The Morgan fingerprint density at radius 3 is 2.76 bits per heavy atom. The van der Waals surface area contributed by atoms with E-state index in [2.05, 4.69) is 16.8 Å². The maximum Gasteiger partial charge on any atom is 0.259 e. The lowest BCUT2D eigenvalue weighted by molar-refractivity contribution is -0.129. The second-order valence-corrected chi connectivity index (χ2v) is 8.36. The first-order valence-corrected chi connectivity index (χ1v) is 10.8. The third-order valence-electron chi connectivity index (χ3n) is 5.69. The van der Waals surface area contributed by atoms with Crippen molar-refractivity contribution < 1.29 is 23.8 Å². The molecule has 2 aromatic rings. The molecule has 1 aliphatic rings. The van der Waals surface area contributed by atoms with Crippen LogP contribution in [0.4, 0.5) is 4.39 Å². The van der Waals surface area contributed by atoms with Crippen LogP contribution in [0.1, 0.15) is 42.3 Å². The van der Waals surface area contributed by atoms with E-state index in [0.29, 0.717) is 24.2 Å². The van der Waals surface area contributed by atoms with E-state index in [0.717, 1.165) is 0 Å². The Labute approximate surface area is 193 Å². The smallest absolute Gasteiger partial charge is 0.259 e. The average molecular weight is 454 g/mol. The second-order valence-electron chi connectivity index (χ2n) is 8.36. The molecular weight excluding hydrogens is 425 g/mol. The van der Waals surface area contributed by atoms with Gasteiger partial charge in [0, 0.05) is 43.8 Å². The molecule has 1 N–H and O–H groups in total. The van der Waals surface area contributed by atoms with E-state index in [1.54, 1.807) is 42.0 Å². The molecule has 174 valence electrons. The van der Waals surface area contributed by atoms with E-state index in [-0.39, 0.29) is 41.6 Å². The van der Waals surface area contributed by atoms with Crippen molar-refractivity contribution in [2.75, 3.05) is 26.7 Å². The molecule has 2 amide bonds. The quantitative estimate of drug-likeness (QED) is 0.719. The molecule has 1 aromatic heterocycles. The number of carbonyl (C=O) groups excluding carboxylic acids is 2. The number of aromatic nitrogens is 1. The van der Waals surface area contributed by atoms with Gasteiger partial charge in [-0.05, 0) is 31.2 Å². The van der Waals surface area contributed by atoms with Crippen LogP contribution in [0, 0.1) is 23.6 Å². The highest BCUT2D eigenvalue weighted by atomic mass is 19.1. The Morgan fingerprint density at radius 2 is 2.09 bits per heavy atom. The van der Waals surface area contributed by atoms with E-state index in [1.807, 2.05) is 6.92 Å². The van der Waals surface area contributed by atoms with Gasteiger partial charge < -0.3 is 19.6 Å². The Morgan fingerprint density at radius 1 is 1.36 bits per heavy atom. The van der Waals surface area contributed by atoms with Crippen LogP contribution in [-0.4, -0.2) is 70.6 Å². The minimum atomic E-state index is -0.417. The van der Waals surface area contributed by atoms with Crippen LogP contribution in [0.3, 0.4) is 0 Å². The summed E-state index contributed by atoms with van der Waals surface area (Å²) in [7, 11) is 1.69. The highest BCUT2D eigenvalue weighted by Gasteiger charge is 2.34. The van der Waals surface area contributed by atoms with Crippen molar-refractivity contribution in [3.8, 4) is 17.7 Å². The molecule has 0 spiro atoms. The van der Waals surface area contributed by atoms with Gasteiger partial charge in [0.15, 0.2) is 0 Å². The minimum absolute atomic E-state index is 0.0966. The predicted octanol–water partition coefficient (Wildman–Crippen LogP) is 2.32. The molecule has 0 bridgehead atoms. The topological polar surface area (TPSA) is 83.0 Å². The van der Waals surface area contributed by atoms with Gasteiger partial charge in [-0.25, -0.2) is 9.37 Å². The zero-order valence-corrected chi connectivity index (χ0v) is 19.2. The lowest BCUT2D eigenvalue weighted by Crippen LogP contribution is -2.50. The van der Waals surface area contributed by atoms with E-state index < -0.39 is 12.1 Å². The molecule has 3 rings (SSSR count). The standard InChI is InChI=1S/C25H28FN3O4/c1-16-13-29(17(2)15-30)25(32)22-11-20(9-8-19-6-5-7-21(26)10-19)12-27-24(22)33-23(16)14-28(4)18(3)31/h5-7,10-12,16-17,23,30H,13-15H2,1-4H3/t16-,17-,23+/m0/s1. The number of fused-ring (bicyclic) bond motifs is 1. The van der Waals surface area contributed by atoms with Gasteiger partial charge >= 0.3 is 0 Å². The monoisotopic (exact) mass is 453 g/mol. The normalized spacial score (nSPS) is 18.7. The molecule has 8 heteroatoms. The zero-order chi connectivity index (χ0) is 24.1. The van der Waals surface area contributed by atoms with Gasteiger partial charge in [0.25, 0.3) is 5.91 Å². The molecule has 33 heavy (non-hydrogen) atoms. The number of carbonyl (C=O) groups is 2. The van der Waals surface area contributed by atoms with Crippen LogP contribution >= 0.6 is 0 Å². The van der Waals surface area contributed by atoms with Gasteiger partial charge in [0.1, 0.15) is 17.5 Å². The summed E-state index contributed by atoms with van der Waals surface area (Å²) in [4.78, 5) is 32.6. The lowest BCUT2D eigenvalue weighted by Gasteiger charge is -2.37. The fraction of sp³-hybridized carbons (Fsp3) is 0.400. The molecule has 2 heterocycles. The van der Waals surface area contributed by atoms with Crippen molar-refractivity contribution in [2.45, 2.75) is 32.9 Å². The Balaban J connectivity index is 2.00. The predicted molar refractivity (Wildman–Crippen MR) is 121 cm³/mol. The zero-order valence-electron chi connectivity index (χ0n) is 19.2. The summed E-state index contributed by atoms with van der Waals surface area (Å²) < 4.78 is 19.5. The third-order valence-corrected chi connectivity index (χ3v) is 5.69. The van der Waals surface area contributed by atoms with Crippen molar-refractivity contribution in [1.82, 2.24) is 14.8 Å². The number of hydrogen-bond donors (Lipinski definition) is 1. The summed E-state index contributed by atoms with van der Waals surface area (Å²) in [5.41, 5.74) is 1.20. The van der Waals surface area contributed by atoms with E-state index in [9.17, 15) is 19.1 Å². The molecule has 1 aromatic carbocycles. The SMILES string of the molecule is CC(=O)N(C)C[C@H]1Oc2ncc(C#Cc3cccc(F)c3)cc2C(=O)N([C@@H](C)CO)C[C@@H]1C. The summed E-state index contributed by atoms with van der Waals surface area (Å²) in [5.74, 6) is 5.02. The lowest BCUT2D eigenvalue weighted by atomic mass is 10.00. The number of amides is 2. The number of ether oxygens (including phenoxy) is 1. The fourth-order valence-corrected chi connectivity index (χ4v) is 3.50. The van der Waals surface area contributed by atoms with E-state index >= 15 is 0 Å². The maximum atomic E-state index is 13.4. The van der Waals surface area contributed by atoms with Gasteiger partial charge in [-0.2, -0.15) is 0 Å². The first kappa shape index (κ1) is 24.2. The number of halogens is 1. The fourth-order valence-electron chi connectivity index (χ4n) is 3.50. The first-order chi connectivity index (χ1) is 15.7. The van der Waals surface area contributed by atoms with Crippen LogP contribution in [0.15, 0.2) is 36.5 Å². The summed E-state index contributed by atoms with van der Waals surface area (Å²) in [6, 6.07) is 7.10. The van der Waals surface area contributed by atoms with Crippen molar-refractivity contribution in [2.24, 2.45) is 5.92 Å². The largest absolute Gasteiger partial charge is 0.472 e. The number of benzene rings is 1. The Hall–Kier alpha value is -3.44. The highest BCUT2D eigenvalue weighted by molar-refractivity contribution is 5.97. The Bertz CT molecular complexity index is 1090. The maximum absolute atomic E-state index is 13.4. The molecule has 0 radical (unpaired) electrons. The van der Waals surface area contributed by atoms with Crippen LogP contribution in [0.2, 0.25) is 0 Å². The van der Waals surface area contributed by atoms with E-state index in [1.165, 1.54) is 25.3 Å². The van der Waals surface area contributed by atoms with Crippen molar-refractivity contribution >= 4 is 11.8 Å². The third kappa shape index (κ3) is 5.88. The number of pyridine rings is 1. The van der Waals surface area contributed by atoms with Gasteiger partial charge in [-0.3, -0.25) is 9.59 Å². The van der Waals surface area contributed by atoms with Crippen LogP contribution in [0.5, 0.6) is 5.88 Å². The molecule has 0 saturated heterocycles. The number of likely N-dealkylation sites (N-methyl/N-ethyl adjacent to an activating group) is 1.